The van der Waals surface area contributed by atoms with Gasteiger partial charge in [-0.05, 0) is 24.6 Å². The zero-order valence-electron chi connectivity index (χ0n) is 12.3. The van der Waals surface area contributed by atoms with Crippen molar-refractivity contribution in [3.63, 3.8) is 0 Å². The Morgan fingerprint density at radius 1 is 1.14 bits per heavy atom. The van der Waals surface area contributed by atoms with Gasteiger partial charge < -0.3 is 15.4 Å². The van der Waals surface area contributed by atoms with Crippen molar-refractivity contribution < 1.29 is 9.53 Å². The number of nitrogens with one attached hydrogen (secondary N) is 2. The number of ether oxygens (including phenoxy) is 1. The predicted molar refractivity (Wildman–Crippen MR) is 84.5 cm³/mol. The zero-order chi connectivity index (χ0) is 15.1. The number of carbonyl (C=O) groups is 1. The third-order valence-electron chi connectivity index (χ3n) is 3.05. The van der Waals surface area contributed by atoms with Gasteiger partial charge in [0, 0.05) is 18.3 Å². The van der Waals surface area contributed by atoms with Crippen molar-refractivity contribution in [3.05, 3.63) is 59.7 Å². The summed E-state index contributed by atoms with van der Waals surface area (Å²) in [6.07, 6.45) is 0. The first-order valence-corrected chi connectivity index (χ1v) is 6.87. The molecule has 2 N–H and O–H groups in total. The van der Waals surface area contributed by atoms with E-state index in [0.29, 0.717) is 6.54 Å². The summed E-state index contributed by atoms with van der Waals surface area (Å²) in [5.74, 6) is 0.649. The predicted octanol–water partition coefficient (Wildman–Crippen LogP) is 2.73. The van der Waals surface area contributed by atoms with E-state index >= 15 is 0 Å². The van der Waals surface area contributed by atoms with E-state index in [1.165, 1.54) is 11.1 Å². The highest BCUT2D eigenvalue weighted by molar-refractivity contribution is 5.92. The van der Waals surface area contributed by atoms with Gasteiger partial charge in [-0.3, -0.25) is 4.79 Å². The van der Waals surface area contributed by atoms with Crippen LogP contribution in [0.3, 0.4) is 0 Å². The van der Waals surface area contributed by atoms with Crippen LogP contribution in [0.15, 0.2) is 48.5 Å². The summed E-state index contributed by atoms with van der Waals surface area (Å²) in [5, 5.41) is 5.97. The molecule has 0 saturated heterocycles. The Hall–Kier alpha value is -2.33. The number of hydrogen-bond donors (Lipinski definition) is 2. The second-order valence-corrected chi connectivity index (χ2v) is 4.87. The molecular formula is C17H20N2O2. The lowest BCUT2D eigenvalue weighted by Gasteiger charge is -2.08. The molecule has 0 heterocycles. The molecule has 2 aromatic carbocycles. The lowest BCUT2D eigenvalue weighted by molar-refractivity contribution is -0.115. The molecule has 0 atom stereocenters. The highest BCUT2D eigenvalue weighted by atomic mass is 16.5. The molecule has 0 radical (unpaired) electrons. The van der Waals surface area contributed by atoms with Crippen LogP contribution in [0, 0.1) is 6.92 Å². The van der Waals surface area contributed by atoms with Gasteiger partial charge in [0.25, 0.3) is 0 Å². The van der Waals surface area contributed by atoms with E-state index < -0.39 is 0 Å². The van der Waals surface area contributed by atoms with Crippen LogP contribution in [0.25, 0.3) is 0 Å². The van der Waals surface area contributed by atoms with Crippen LogP contribution in [0.4, 0.5) is 5.69 Å². The average molecular weight is 284 g/mol. The third-order valence-corrected chi connectivity index (χ3v) is 3.05. The van der Waals surface area contributed by atoms with Crippen LogP contribution in [0.2, 0.25) is 0 Å². The highest BCUT2D eigenvalue weighted by Gasteiger charge is 2.03. The Morgan fingerprint density at radius 2 is 1.95 bits per heavy atom. The van der Waals surface area contributed by atoms with Crippen molar-refractivity contribution in [3.8, 4) is 5.75 Å². The molecule has 0 aliphatic carbocycles. The standard InChI is InChI=1S/C17H20N2O2/c1-13-5-3-6-14(9-13)11-18-12-17(20)19-15-7-4-8-16(10-15)21-2/h3-10,18H,11-12H2,1-2H3,(H,19,20). The largest absolute Gasteiger partial charge is 0.497 e. The van der Waals surface area contributed by atoms with Gasteiger partial charge in [0.05, 0.1) is 13.7 Å². The molecule has 0 fully saturated rings. The Bertz CT molecular complexity index is 611. The summed E-state index contributed by atoms with van der Waals surface area (Å²) in [4.78, 5) is 11.9. The molecule has 0 bridgehead atoms. The van der Waals surface area contributed by atoms with Crippen molar-refractivity contribution in [1.29, 1.82) is 0 Å². The summed E-state index contributed by atoms with van der Waals surface area (Å²) in [5.41, 5.74) is 3.12. The minimum Gasteiger partial charge on any atom is -0.497 e. The van der Waals surface area contributed by atoms with E-state index in [4.69, 9.17) is 4.74 Å². The zero-order valence-corrected chi connectivity index (χ0v) is 12.3. The molecular weight excluding hydrogens is 264 g/mol. The number of anilines is 1. The fourth-order valence-corrected chi connectivity index (χ4v) is 2.05. The molecule has 110 valence electrons. The van der Waals surface area contributed by atoms with Crippen LogP contribution in [0.5, 0.6) is 5.75 Å². The first-order chi connectivity index (χ1) is 10.2. The molecule has 4 heteroatoms. The summed E-state index contributed by atoms with van der Waals surface area (Å²) >= 11 is 0. The molecule has 0 spiro atoms. The van der Waals surface area contributed by atoms with Crippen molar-refractivity contribution >= 4 is 11.6 Å². The van der Waals surface area contributed by atoms with Crippen LogP contribution in [-0.2, 0) is 11.3 Å². The number of rotatable bonds is 6. The molecule has 0 aromatic heterocycles. The lowest BCUT2D eigenvalue weighted by Crippen LogP contribution is -2.27. The Balaban J connectivity index is 1.79. The fraction of sp³-hybridized carbons (Fsp3) is 0.235. The molecule has 0 saturated carbocycles. The number of benzene rings is 2. The average Bonchev–Trinajstić information content (AvgIpc) is 2.47. The van der Waals surface area contributed by atoms with E-state index in [1.807, 2.05) is 30.3 Å². The van der Waals surface area contributed by atoms with Crippen molar-refractivity contribution in [2.45, 2.75) is 13.5 Å². The second-order valence-electron chi connectivity index (χ2n) is 4.87. The molecule has 2 aromatic rings. The fourth-order valence-electron chi connectivity index (χ4n) is 2.05. The molecule has 2 rings (SSSR count). The molecule has 0 aliphatic heterocycles. The molecule has 0 unspecified atom stereocenters. The third kappa shape index (κ3) is 4.93. The van der Waals surface area contributed by atoms with E-state index in [2.05, 4.69) is 29.7 Å². The van der Waals surface area contributed by atoms with Crippen molar-refractivity contribution in [2.75, 3.05) is 19.0 Å². The maximum absolute atomic E-state index is 11.9. The van der Waals surface area contributed by atoms with Gasteiger partial charge >= 0.3 is 0 Å². The Morgan fingerprint density at radius 3 is 2.71 bits per heavy atom. The number of hydrogen-bond acceptors (Lipinski definition) is 3. The Kier molecular flexibility index (Phi) is 5.35. The quantitative estimate of drug-likeness (QED) is 0.857. The second kappa shape index (κ2) is 7.45. The number of methoxy groups -OCH3 is 1. The number of amides is 1. The maximum atomic E-state index is 11.9. The normalized spacial score (nSPS) is 10.2. The SMILES string of the molecule is COc1cccc(NC(=O)CNCc2cccc(C)c2)c1. The lowest BCUT2D eigenvalue weighted by atomic mass is 10.1. The summed E-state index contributed by atoms with van der Waals surface area (Å²) in [6.45, 7) is 3.00. The summed E-state index contributed by atoms with van der Waals surface area (Å²) < 4.78 is 5.12. The summed E-state index contributed by atoms with van der Waals surface area (Å²) in [6, 6.07) is 15.5. The van der Waals surface area contributed by atoms with Gasteiger partial charge in [-0.1, -0.05) is 35.9 Å². The highest BCUT2D eigenvalue weighted by Crippen LogP contribution is 2.16. The Labute approximate surface area is 125 Å². The van der Waals surface area contributed by atoms with Gasteiger partial charge in [-0.15, -0.1) is 0 Å². The summed E-state index contributed by atoms with van der Waals surface area (Å²) in [7, 11) is 1.60. The monoisotopic (exact) mass is 284 g/mol. The number of carbonyl (C=O) groups excluding carboxylic acids is 1. The van der Waals surface area contributed by atoms with E-state index in [1.54, 1.807) is 13.2 Å². The smallest absolute Gasteiger partial charge is 0.238 e. The van der Waals surface area contributed by atoms with Crippen LogP contribution >= 0.6 is 0 Å². The van der Waals surface area contributed by atoms with Crippen LogP contribution < -0.4 is 15.4 Å². The van der Waals surface area contributed by atoms with Crippen molar-refractivity contribution in [2.24, 2.45) is 0 Å². The maximum Gasteiger partial charge on any atom is 0.238 e. The van der Waals surface area contributed by atoms with Crippen molar-refractivity contribution in [1.82, 2.24) is 5.32 Å². The molecule has 4 nitrogen and oxygen atoms in total. The minimum absolute atomic E-state index is 0.0732. The van der Waals surface area contributed by atoms with Gasteiger partial charge in [-0.25, -0.2) is 0 Å². The van der Waals surface area contributed by atoms with Crippen LogP contribution in [-0.4, -0.2) is 19.6 Å². The first-order valence-electron chi connectivity index (χ1n) is 6.87. The van der Waals surface area contributed by atoms with Gasteiger partial charge in [0.15, 0.2) is 0 Å². The minimum atomic E-state index is -0.0732. The van der Waals surface area contributed by atoms with E-state index in [0.717, 1.165) is 11.4 Å². The van der Waals surface area contributed by atoms with Crippen LogP contribution in [0.1, 0.15) is 11.1 Å². The topological polar surface area (TPSA) is 50.4 Å². The van der Waals surface area contributed by atoms with E-state index in [9.17, 15) is 4.79 Å². The van der Waals surface area contributed by atoms with Gasteiger partial charge in [0.1, 0.15) is 5.75 Å². The first kappa shape index (κ1) is 15.1. The van der Waals surface area contributed by atoms with Gasteiger partial charge in [0.2, 0.25) is 5.91 Å². The number of aryl methyl sites for hydroxylation is 1. The van der Waals surface area contributed by atoms with Gasteiger partial charge in [-0.2, -0.15) is 0 Å². The van der Waals surface area contributed by atoms with E-state index in [-0.39, 0.29) is 12.5 Å². The molecule has 21 heavy (non-hydrogen) atoms. The molecule has 1 amide bonds. The molecule has 0 aliphatic rings.